The van der Waals surface area contributed by atoms with Crippen LogP contribution in [0.1, 0.15) is 44.9 Å². The van der Waals surface area contributed by atoms with Crippen LogP contribution in [-0.2, 0) is 0 Å². The minimum atomic E-state index is -0.353. The Labute approximate surface area is 91.3 Å². The molecule has 0 aliphatic heterocycles. The van der Waals surface area contributed by atoms with E-state index in [1.165, 1.54) is 25.7 Å². The lowest BCUT2D eigenvalue weighted by molar-refractivity contribution is -0.0424. The molecule has 0 heterocycles. The Balaban J connectivity index is 1.83. The van der Waals surface area contributed by atoms with Crippen LogP contribution in [0.25, 0.3) is 0 Å². The molecule has 0 amide bonds. The number of nitrogens with zero attached hydrogens (tertiary/aromatic N) is 1. The molecule has 3 rings (SSSR count). The van der Waals surface area contributed by atoms with Gasteiger partial charge in [-0.1, -0.05) is 12.8 Å². The van der Waals surface area contributed by atoms with E-state index >= 15 is 0 Å². The fourth-order valence-electron chi connectivity index (χ4n) is 4.11. The van der Waals surface area contributed by atoms with E-state index in [2.05, 4.69) is 6.07 Å². The van der Waals surface area contributed by atoms with E-state index in [1.54, 1.807) is 0 Å². The van der Waals surface area contributed by atoms with Gasteiger partial charge in [-0.25, -0.2) is 0 Å². The SMILES string of the molecule is N#CC1(C(O)C2CCC2)CC2CCC1C2. The summed E-state index contributed by atoms with van der Waals surface area (Å²) in [4.78, 5) is 0. The number of rotatable bonds is 2. The Kier molecular flexibility index (Phi) is 2.07. The standard InChI is InChI=1S/C13H19NO/c14-8-13(12(15)10-2-1-3-10)7-9-4-5-11(13)6-9/h9-12,15H,1-7H2. The maximum absolute atomic E-state index is 10.4. The molecular weight excluding hydrogens is 186 g/mol. The zero-order chi connectivity index (χ0) is 10.5. The average molecular weight is 205 g/mol. The first kappa shape index (κ1) is 9.66. The van der Waals surface area contributed by atoms with Crippen molar-refractivity contribution >= 4 is 0 Å². The zero-order valence-corrected chi connectivity index (χ0v) is 9.15. The highest BCUT2D eigenvalue weighted by Gasteiger charge is 2.57. The molecule has 2 nitrogen and oxygen atoms in total. The third-order valence-electron chi connectivity index (χ3n) is 5.23. The van der Waals surface area contributed by atoms with Crippen LogP contribution in [-0.4, -0.2) is 11.2 Å². The molecule has 1 N–H and O–H groups in total. The van der Waals surface area contributed by atoms with E-state index < -0.39 is 0 Å². The van der Waals surface area contributed by atoms with Gasteiger partial charge in [-0.05, 0) is 49.9 Å². The lowest BCUT2D eigenvalue weighted by Crippen LogP contribution is -2.45. The summed E-state index contributed by atoms with van der Waals surface area (Å²) >= 11 is 0. The second-order valence-electron chi connectivity index (χ2n) is 5.87. The van der Waals surface area contributed by atoms with Crippen molar-refractivity contribution in [2.24, 2.45) is 23.2 Å². The van der Waals surface area contributed by atoms with E-state index in [4.69, 9.17) is 0 Å². The van der Waals surface area contributed by atoms with Crippen LogP contribution >= 0.6 is 0 Å². The van der Waals surface area contributed by atoms with Gasteiger partial charge in [0, 0.05) is 0 Å². The van der Waals surface area contributed by atoms with Crippen molar-refractivity contribution in [2.45, 2.75) is 51.0 Å². The molecule has 0 spiro atoms. The van der Waals surface area contributed by atoms with Gasteiger partial charge in [0.15, 0.2) is 0 Å². The summed E-state index contributed by atoms with van der Waals surface area (Å²) in [6.45, 7) is 0. The smallest absolute Gasteiger partial charge is 0.0865 e. The van der Waals surface area contributed by atoms with Gasteiger partial charge in [0.05, 0.1) is 17.6 Å². The number of aliphatic hydroxyl groups is 1. The Morgan fingerprint density at radius 3 is 2.47 bits per heavy atom. The van der Waals surface area contributed by atoms with Gasteiger partial charge in [0.1, 0.15) is 0 Å². The average Bonchev–Trinajstić information content (AvgIpc) is 2.74. The molecule has 4 unspecified atom stereocenters. The van der Waals surface area contributed by atoms with Gasteiger partial charge in [0.2, 0.25) is 0 Å². The van der Waals surface area contributed by atoms with Crippen LogP contribution in [0.5, 0.6) is 0 Å². The summed E-state index contributed by atoms with van der Waals surface area (Å²) in [5, 5.41) is 19.9. The summed E-state index contributed by atoms with van der Waals surface area (Å²) < 4.78 is 0. The molecule has 0 aromatic rings. The van der Waals surface area contributed by atoms with Crippen LogP contribution in [0.3, 0.4) is 0 Å². The van der Waals surface area contributed by atoms with E-state index in [0.29, 0.717) is 11.8 Å². The van der Waals surface area contributed by atoms with E-state index in [-0.39, 0.29) is 11.5 Å². The third-order valence-corrected chi connectivity index (χ3v) is 5.23. The molecule has 82 valence electrons. The van der Waals surface area contributed by atoms with Gasteiger partial charge in [-0.15, -0.1) is 0 Å². The van der Waals surface area contributed by atoms with E-state index in [9.17, 15) is 10.4 Å². The Morgan fingerprint density at radius 1 is 1.27 bits per heavy atom. The molecule has 4 atom stereocenters. The highest BCUT2D eigenvalue weighted by Crippen LogP contribution is 2.59. The van der Waals surface area contributed by atoms with Crippen LogP contribution in [0, 0.1) is 34.5 Å². The summed E-state index contributed by atoms with van der Waals surface area (Å²) in [6.07, 6.45) is 7.87. The van der Waals surface area contributed by atoms with Gasteiger partial charge in [-0.2, -0.15) is 5.26 Å². The fourth-order valence-corrected chi connectivity index (χ4v) is 4.11. The highest BCUT2D eigenvalue weighted by molar-refractivity contribution is 5.16. The van der Waals surface area contributed by atoms with Crippen molar-refractivity contribution < 1.29 is 5.11 Å². The van der Waals surface area contributed by atoms with Crippen LogP contribution < -0.4 is 0 Å². The topological polar surface area (TPSA) is 44.0 Å². The second kappa shape index (κ2) is 3.22. The quantitative estimate of drug-likeness (QED) is 0.752. The molecule has 0 radical (unpaired) electrons. The minimum absolute atomic E-state index is 0.327. The second-order valence-corrected chi connectivity index (χ2v) is 5.87. The summed E-state index contributed by atoms with van der Waals surface area (Å²) in [7, 11) is 0. The molecule has 0 aromatic heterocycles. The van der Waals surface area contributed by atoms with Crippen LogP contribution in [0.4, 0.5) is 0 Å². The molecule has 0 aromatic carbocycles. The van der Waals surface area contributed by atoms with Gasteiger partial charge < -0.3 is 5.11 Å². The zero-order valence-electron chi connectivity index (χ0n) is 9.15. The lowest BCUT2D eigenvalue weighted by Gasteiger charge is -2.42. The number of hydrogen-bond donors (Lipinski definition) is 1. The monoisotopic (exact) mass is 205 g/mol. The number of hydrogen-bond acceptors (Lipinski definition) is 2. The number of nitriles is 1. The minimum Gasteiger partial charge on any atom is -0.391 e. The Bertz CT molecular complexity index is 304. The largest absolute Gasteiger partial charge is 0.391 e. The van der Waals surface area contributed by atoms with Crippen LogP contribution in [0.2, 0.25) is 0 Å². The first-order chi connectivity index (χ1) is 7.26. The fraction of sp³-hybridized carbons (Fsp3) is 0.923. The first-order valence-electron chi connectivity index (χ1n) is 6.35. The predicted molar refractivity (Wildman–Crippen MR) is 56.8 cm³/mol. The van der Waals surface area contributed by atoms with Gasteiger partial charge in [0.25, 0.3) is 0 Å². The maximum atomic E-state index is 10.4. The predicted octanol–water partition coefficient (Wildman–Crippen LogP) is 2.48. The van der Waals surface area contributed by atoms with Crippen molar-refractivity contribution in [1.29, 1.82) is 5.26 Å². The first-order valence-corrected chi connectivity index (χ1v) is 6.35. The third kappa shape index (κ3) is 1.19. The van der Waals surface area contributed by atoms with Crippen molar-refractivity contribution in [1.82, 2.24) is 0 Å². The van der Waals surface area contributed by atoms with Crippen LogP contribution in [0.15, 0.2) is 0 Å². The molecule has 15 heavy (non-hydrogen) atoms. The number of aliphatic hydroxyl groups excluding tert-OH is 1. The lowest BCUT2D eigenvalue weighted by atomic mass is 9.63. The van der Waals surface area contributed by atoms with Gasteiger partial charge in [-0.3, -0.25) is 0 Å². The van der Waals surface area contributed by atoms with E-state index in [0.717, 1.165) is 25.2 Å². The van der Waals surface area contributed by atoms with Crippen molar-refractivity contribution in [3.63, 3.8) is 0 Å². The Hall–Kier alpha value is -0.550. The molecule has 3 fully saturated rings. The van der Waals surface area contributed by atoms with Crippen molar-refractivity contribution in [2.75, 3.05) is 0 Å². The van der Waals surface area contributed by atoms with Crippen molar-refractivity contribution in [3.05, 3.63) is 0 Å². The molecule has 3 aliphatic rings. The normalized spacial score (nSPS) is 46.1. The molecule has 2 heteroatoms. The number of fused-ring (bicyclic) bond motifs is 2. The molecule has 3 aliphatic carbocycles. The molecule has 2 bridgehead atoms. The van der Waals surface area contributed by atoms with Gasteiger partial charge >= 0.3 is 0 Å². The summed E-state index contributed by atoms with van der Waals surface area (Å²) in [5.74, 6) is 1.68. The molecule has 0 saturated heterocycles. The molecule has 3 saturated carbocycles. The summed E-state index contributed by atoms with van der Waals surface area (Å²) in [5.41, 5.74) is -0.353. The Morgan fingerprint density at radius 2 is 2.07 bits per heavy atom. The van der Waals surface area contributed by atoms with E-state index in [1.807, 2.05) is 0 Å². The van der Waals surface area contributed by atoms with Crippen molar-refractivity contribution in [3.8, 4) is 6.07 Å². The highest BCUT2D eigenvalue weighted by atomic mass is 16.3. The summed E-state index contributed by atoms with van der Waals surface area (Å²) in [6, 6.07) is 2.51. The maximum Gasteiger partial charge on any atom is 0.0865 e. The molecular formula is C13H19NO.